The Bertz CT molecular complexity index is 761. The first-order valence-electron chi connectivity index (χ1n) is 7.91. The summed E-state index contributed by atoms with van der Waals surface area (Å²) in [5.41, 5.74) is 1.65. The quantitative estimate of drug-likeness (QED) is 0.344. The van der Waals surface area contributed by atoms with Crippen molar-refractivity contribution in [2.45, 2.75) is 5.75 Å². The van der Waals surface area contributed by atoms with Gasteiger partial charge >= 0.3 is 0 Å². The lowest BCUT2D eigenvalue weighted by Gasteiger charge is -2.11. The number of benzene rings is 2. The van der Waals surface area contributed by atoms with E-state index in [1.54, 1.807) is 23.9 Å². The molecule has 0 aliphatic heterocycles. The molecule has 26 heavy (non-hydrogen) atoms. The molecule has 0 unspecified atom stereocenters. The molecule has 7 heteroatoms. The van der Waals surface area contributed by atoms with Crippen molar-refractivity contribution in [1.82, 2.24) is 0 Å². The zero-order valence-electron chi connectivity index (χ0n) is 14.8. The smallest absolute Gasteiger partial charge is 0.277 e. The molecule has 0 amide bonds. The lowest BCUT2D eigenvalue weighted by atomic mass is 10.2. The highest BCUT2D eigenvalue weighted by atomic mass is 32.2. The average molecular weight is 375 g/mol. The van der Waals surface area contributed by atoms with Crippen LogP contribution in [0.4, 0.5) is 5.69 Å². The van der Waals surface area contributed by atoms with Crippen LogP contribution >= 0.6 is 11.8 Å². The molecule has 2 aromatic carbocycles. The van der Waals surface area contributed by atoms with Gasteiger partial charge in [0, 0.05) is 17.1 Å². The molecule has 0 spiro atoms. The molecule has 2 aromatic rings. The standard InChI is InChI=1S/C19H21NO5S/c1-4-14-5-7-16(8-6-14)25-9-10-26-13-15-11-18(23-2)19(24-3)12-17(15)20(21)22/h4-8,11-12H,1,9-10,13H2,2-3H3. The fraction of sp³-hybridized carbons (Fsp3) is 0.263. The van der Waals surface area contributed by atoms with Crippen LogP contribution in [0.1, 0.15) is 11.1 Å². The van der Waals surface area contributed by atoms with Gasteiger partial charge < -0.3 is 14.2 Å². The van der Waals surface area contributed by atoms with E-state index in [-0.39, 0.29) is 5.69 Å². The Hall–Kier alpha value is -2.67. The molecule has 0 N–H and O–H groups in total. The molecule has 0 saturated carbocycles. The Morgan fingerprint density at radius 2 is 1.81 bits per heavy atom. The highest BCUT2D eigenvalue weighted by molar-refractivity contribution is 7.98. The minimum absolute atomic E-state index is 0.0242. The number of ether oxygens (including phenoxy) is 3. The van der Waals surface area contributed by atoms with Gasteiger partial charge in [0.25, 0.3) is 5.69 Å². The van der Waals surface area contributed by atoms with E-state index in [0.717, 1.165) is 11.3 Å². The van der Waals surface area contributed by atoms with Crippen LogP contribution in [0.15, 0.2) is 43.0 Å². The van der Waals surface area contributed by atoms with E-state index >= 15 is 0 Å². The highest BCUT2D eigenvalue weighted by Crippen LogP contribution is 2.36. The molecule has 0 fully saturated rings. The number of thioether (sulfide) groups is 1. The van der Waals surface area contributed by atoms with Crippen LogP contribution in [0.3, 0.4) is 0 Å². The third-order valence-corrected chi connectivity index (χ3v) is 4.62. The maximum Gasteiger partial charge on any atom is 0.277 e. The molecule has 0 bridgehead atoms. The molecule has 0 heterocycles. The maximum absolute atomic E-state index is 11.3. The van der Waals surface area contributed by atoms with Crippen molar-refractivity contribution in [2.75, 3.05) is 26.6 Å². The maximum atomic E-state index is 11.3. The Morgan fingerprint density at radius 1 is 1.15 bits per heavy atom. The molecule has 6 nitrogen and oxygen atoms in total. The summed E-state index contributed by atoms with van der Waals surface area (Å²) in [4.78, 5) is 10.9. The topological polar surface area (TPSA) is 70.8 Å². The molecule has 0 aliphatic rings. The van der Waals surface area contributed by atoms with Crippen molar-refractivity contribution in [3.05, 3.63) is 64.2 Å². The van der Waals surface area contributed by atoms with Gasteiger partial charge in [-0.1, -0.05) is 24.8 Å². The molecule has 0 atom stereocenters. The van der Waals surface area contributed by atoms with E-state index in [1.165, 1.54) is 20.3 Å². The number of methoxy groups -OCH3 is 2. The van der Waals surface area contributed by atoms with Gasteiger partial charge in [0.2, 0.25) is 0 Å². The van der Waals surface area contributed by atoms with E-state index in [0.29, 0.717) is 35.2 Å². The van der Waals surface area contributed by atoms with Crippen LogP contribution in [0.2, 0.25) is 0 Å². The normalized spacial score (nSPS) is 10.2. The van der Waals surface area contributed by atoms with Gasteiger partial charge in [-0.2, -0.15) is 11.8 Å². The van der Waals surface area contributed by atoms with Gasteiger partial charge in [0.15, 0.2) is 11.5 Å². The summed E-state index contributed by atoms with van der Waals surface area (Å²) in [5, 5.41) is 11.3. The minimum atomic E-state index is -0.407. The summed E-state index contributed by atoms with van der Waals surface area (Å²) in [5.74, 6) is 2.80. The Balaban J connectivity index is 1.91. The summed E-state index contributed by atoms with van der Waals surface area (Å²) in [7, 11) is 2.96. The number of rotatable bonds is 10. The van der Waals surface area contributed by atoms with Gasteiger partial charge in [-0.25, -0.2) is 0 Å². The third-order valence-electron chi connectivity index (χ3n) is 3.65. The molecule has 2 rings (SSSR count). The summed E-state index contributed by atoms with van der Waals surface area (Å²) >= 11 is 1.56. The lowest BCUT2D eigenvalue weighted by molar-refractivity contribution is -0.385. The number of nitro benzene ring substituents is 1. The first-order chi connectivity index (χ1) is 12.6. The summed E-state index contributed by atoms with van der Waals surface area (Å²) in [6, 6.07) is 10.7. The first-order valence-corrected chi connectivity index (χ1v) is 9.06. The van der Waals surface area contributed by atoms with Crippen molar-refractivity contribution >= 4 is 23.5 Å². The SMILES string of the molecule is C=Cc1ccc(OCCSCc2cc(OC)c(OC)cc2[N+](=O)[O-])cc1. The Kier molecular flexibility index (Phi) is 7.35. The van der Waals surface area contributed by atoms with E-state index in [4.69, 9.17) is 14.2 Å². The van der Waals surface area contributed by atoms with Crippen molar-refractivity contribution in [3.63, 3.8) is 0 Å². The monoisotopic (exact) mass is 375 g/mol. The molecule has 0 radical (unpaired) electrons. The third kappa shape index (κ3) is 5.16. The zero-order valence-corrected chi connectivity index (χ0v) is 15.6. The predicted molar refractivity (Wildman–Crippen MR) is 104 cm³/mol. The minimum Gasteiger partial charge on any atom is -0.493 e. The van der Waals surface area contributed by atoms with Crippen molar-refractivity contribution in [1.29, 1.82) is 0 Å². The number of nitro groups is 1. The largest absolute Gasteiger partial charge is 0.493 e. The van der Waals surface area contributed by atoms with Crippen LogP contribution in [-0.4, -0.2) is 31.5 Å². The number of hydrogen-bond donors (Lipinski definition) is 0. The molecule has 138 valence electrons. The zero-order chi connectivity index (χ0) is 18.9. The molecule has 0 aromatic heterocycles. The molecule has 0 aliphatic carbocycles. The second-order valence-corrected chi connectivity index (χ2v) is 6.37. The van der Waals surface area contributed by atoms with Gasteiger partial charge in [0.1, 0.15) is 5.75 Å². The number of hydrogen-bond acceptors (Lipinski definition) is 6. The van der Waals surface area contributed by atoms with Gasteiger partial charge in [-0.15, -0.1) is 0 Å². The average Bonchev–Trinajstić information content (AvgIpc) is 2.67. The van der Waals surface area contributed by atoms with Gasteiger partial charge in [0.05, 0.1) is 31.8 Å². The van der Waals surface area contributed by atoms with Crippen LogP contribution < -0.4 is 14.2 Å². The van der Waals surface area contributed by atoms with E-state index in [2.05, 4.69) is 6.58 Å². The summed E-state index contributed by atoms with van der Waals surface area (Å²) in [6.45, 7) is 4.22. The van der Waals surface area contributed by atoms with Crippen LogP contribution in [0.25, 0.3) is 6.08 Å². The van der Waals surface area contributed by atoms with E-state index in [9.17, 15) is 10.1 Å². The fourth-order valence-electron chi connectivity index (χ4n) is 2.30. The van der Waals surface area contributed by atoms with E-state index < -0.39 is 4.92 Å². The second kappa shape index (κ2) is 9.72. The van der Waals surface area contributed by atoms with Crippen molar-refractivity contribution < 1.29 is 19.1 Å². The Morgan fingerprint density at radius 3 is 2.38 bits per heavy atom. The highest BCUT2D eigenvalue weighted by Gasteiger charge is 2.19. The Labute approximate surface area is 156 Å². The van der Waals surface area contributed by atoms with E-state index in [1.807, 2.05) is 24.3 Å². The van der Waals surface area contributed by atoms with Crippen LogP contribution in [-0.2, 0) is 5.75 Å². The second-order valence-electron chi connectivity index (χ2n) is 5.27. The van der Waals surface area contributed by atoms with Crippen molar-refractivity contribution in [2.24, 2.45) is 0 Å². The summed E-state index contributed by atoms with van der Waals surface area (Å²) < 4.78 is 16.0. The predicted octanol–water partition coefficient (Wildman–Crippen LogP) is 4.57. The number of nitrogens with zero attached hydrogens (tertiary/aromatic N) is 1. The molecular weight excluding hydrogens is 354 g/mol. The van der Waals surface area contributed by atoms with Crippen LogP contribution in [0.5, 0.6) is 17.2 Å². The van der Waals surface area contributed by atoms with Crippen molar-refractivity contribution in [3.8, 4) is 17.2 Å². The molecule has 0 saturated heterocycles. The molecular formula is C19H21NO5S. The first kappa shape index (κ1) is 19.7. The van der Waals surface area contributed by atoms with Gasteiger partial charge in [-0.05, 0) is 23.8 Å². The summed E-state index contributed by atoms with van der Waals surface area (Å²) in [6.07, 6.45) is 1.77. The van der Waals surface area contributed by atoms with Crippen LogP contribution in [0, 0.1) is 10.1 Å². The van der Waals surface area contributed by atoms with Gasteiger partial charge in [-0.3, -0.25) is 10.1 Å². The lowest BCUT2D eigenvalue weighted by Crippen LogP contribution is -2.02. The fourth-order valence-corrected chi connectivity index (χ4v) is 3.09.